The van der Waals surface area contributed by atoms with Gasteiger partial charge in [0, 0.05) is 5.92 Å². The highest BCUT2D eigenvalue weighted by molar-refractivity contribution is 5.73. The molecule has 2 bridgehead atoms. The monoisotopic (exact) mass is 150 g/mol. The SMILES string of the molecule is O=C(O)[C@@H]1[C@@H]2C=CC[C@H]1C=C2. The second-order valence-corrected chi connectivity index (χ2v) is 3.15. The van der Waals surface area contributed by atoms with E-state index in [2.05, 4.69) is 6.08 Å². The van der Waals surface area contributed by atoms with Gasteiger partial charge in [-0.25, -0.2) is 0 Å². The van der Waals surface area contributed by atoms with Gasteiger partial charge in [0.05, 0.1) is 5.92 Å². The summed E-state index contributed by atoms with van der Waals surface area (Å²) in [7, 11) is 0. The lowest BCUT2D eigenvalue weighted by molar-refractivity contribution is -0.143. The highest BCUT2D eigenvalue weighted by atomic mass is 16.4. The first-order valence-corrected chi connectivity index (χ1v) is 3.87. The number of carbonyl (C=O) groups is 1. The molecule has 2 heteroatoms. The number of rotatable bonds is 1. The van der Waals surface area contributed by atoms with Gasteiger partial charge >= 0.3 is 5.97 Å². The quantitative estimate of drug-likeness (QED) is 0.574. The Morgan fingerprint density at radius 2 is 2.18 bits per heavy atom. The average molecular weight is 150 g/mol. The first kappa shape index (κ1) is 6.65. The van der Waals surface area contributed by atoms with Crippen molar-refractivity contribution in [3.05, 3.63) is 24.3 Å². The molecule has 0 saturated heterocycles. The second-order valence-electron chi connectivity index (χ2n) is 3.15. The van der Waals surface area contributed by atoms with Crippen LogP contribution in [0.5, 0.6) is 0 Å². The maximum Gasteiger partial charge on any atom is 0.308 e. The molecular formula is C9H10O2. The van der Waals surface area contributed by atoms with E-state index in [0.29, 0.717) is 0 Å². The highest BCUT2D eigenvalue weighted by Crippen LogP contribution is 2.37. The van der Waals surface area contributed by atoms with Crippen LogP contribution >= 0.6 is 0 Å². The normalized spacial score (nSPS) is 39.5. The standard InChI is InChI=1S/C9H10O2/c10-9(11)8-6-2-1-3-7(8)5-4-6/h1-2,4-8H,3H2,(H,10,11)/t6-,7+,8-/m1/s1. The summed E-state index contributed by atoms with van der Waals surface area (Å²) in [6.07, 6.45) is 9.01. The second kappa shape index (κ2) is 2.22. The third-order valence-electron chi connectivity index (χ3n) is 2.51. The van der Waals surface area contributed by atoms with Gasteiger partial charge in [-0.1, -0.05) is 24.3 Å². The summed E-state index contributed by atoms with van der Waals surface area (Å²) in [5.41, 5.74) is 0. The van der Waals surface area contributed by atoms with Crippen LogP contribution in [0.2, 0.25) is 0 Å². The summed E-state index contributed by atoms with van der Waals surface area (Å²) in [5.74, 6) is -0.428. The minimum absolute atomic E-state index is 0.159. The first-order valence-electron chi connectivity index (χ1n) is 3.87. The van der Waals surface area contributed by atoms with Gasteiger partial charge in [-0.3, -0.25) is 4.79 Å². The molecule has 2 aliphatic rings. The van der Waals surface area contributed by atoms with E-state index in [0.717, 1.165) is 6.42 Å². The molecule has 0 fully saturated rings. The van der Waals surface area contributed by atoms with E-state index < -0.39 is 5.97 Å². The van der Waals surface area contributed by atoms with E-state index >= 15 is 0 Å². The number of allylic oxidation sites excluding steroid dienone is 4. The number of hydrogen-bond acceptors (Lipinski definition) is 1. The van der Waals surface area contributed by atoms with Gasteiger partial charge in [-0.2, -0.15) is 0 Å². The number of carboxylic acids is 1. The van der Waals surface area contributed by atoms with E-state index in [9.17, 15) is 4.79 Å². The van der Waals surface area contributed by atoms with E-state index in [-0.39, 0.29) is 17.8 Å². The van der Waals surface area contributed by atoms with E-state index in [1.807, 2.05) is 18.2 Å². The van der Waals surface area contributed by atoms with Gasteiger partial charge in [0.2, 0.25) is 0 Å². The minimum Gasteiger partial charge on any atom is -0.481 e. The Hall–Kier alpha value is -1.05. The number of fused-ring (bicyclic) bond motifs is 2. The molecule has 0 heterocycles. The zero-order valence-electron chi connectivity index (χ0n) is 6.10. The van der Waals surface area contributed by atoms with Crippen molar-refractivity contribution in [1.82, 2.24) is 0 Å². The summed E-state index contributed by atoms with van der Waals surface area (Å²) in [5, 5.41) is 8.85. The number of carboxylic acid groups (broad SMARTS) is 1. The van der Waals surface area contributed by atoms with Gasteiger partial charge in [-0.05, 0) is 12.3 Å². The zero-order chi connectivity index (χ0) is 7.84. The van der Waals surface area contributed by atoms with Crippen LogP contribution in [-0.2, 0) is 4.79 Å². The third kappa shape index (κ3) is 0.897. The molecule has 0 unspecified atom stereocenters. The van der Waals surface area contributed by atoms with Crippen LogP contribution in [0.1, 0.15) is 6.42 Å². The lowest BCUT2D eigenvalue weighted by Crippen LogP contribution is -2.26. The van der Waals surface area contributed by atoms with Crippen LogP contribution < -0.4 is 0 Å². The Kier molecular flexibility index (Phi) is 1.34. The molecule has 0 aliphatic heterocycles. The molecule has 2 rings (SSSR count). The van der Waals surface area contributed by atoms with Crippen LogP contribution in [0, 0.1) is 17.8 Å². The third-order valence-corrected chi connectivity index (χ3v) is 2.51. The van der Waals surface area contributed by atoms with Crippen LogP contribution in [-0.4, -0.2) is 11.1 Å². The average Bonchev–Trinajstić information content (AvgIpc) is 2.23. The molecule has 0 aromatic heterocycles. The zero-order valence-corrected chi connectivity index (χ0v) is 6.10. The van der Waals surface area contributed by atoms with Crippen molar-refractivity contribution in [2.75, 3.05) is 0 Å². The first-order chi connectivity index (χ1) is 5.29. The topological polar surface area (TPSA) is 37.3 Å². The van der Waals surface area contributed by atoms with E-state index in [1.165, 1.54) is 0 Å². The molecule has 0 saturated carbocycles. The van der Waals surface area contributed by atoms with Crippen molar-refractivity contribution < 1.29 is 9.90 Å². The van der Waals surface area contributed by atoms with E-state index in [1.54, 1.807) is 0 Å². The van der Waals surface area contributed by atoms with Crippen LogP contribution in [0.15, 0.2) is 24.3 Å². The van der Waals surface area contributed by atoms with Gasteiger partial charge in [0.25, 0.3) is 0 Å². The smallest absolute Gasteiger partial charge is 0.308 e. The molecule has 0 aromatic rings. The Bertz CT molecular complexity index is 238. The van der Waals surface area contributed by atoms with Crippen molar-refractivity contribution in [2.24, 2.45) is 17.8 Å². The fourth-order valence-corrected chi connectivity index (χ4v) is 1.95. The molecule has 0 aromatic carbocycles. The fraction of sp³-hybridized carbons (Fsp3) is 0.444. The largest absolute Gasteiger partial charge is 0.481 e. The molecular weight excluding hydrogens is 140 g/mol. The number of aliphatic carboxylic acids is 1. The maximum absolute atomic E-state index is 10.7. The summed E-state index contributed by atoms with van der Waals surface area (Å²) in [6.45, 7) is 0. The molecule has 0 amide bonds. The summed E-state index contributed by atoms with van der Waals surface area (Å²) < 4.78 is 0. The summed E-state index contributed by atoms with van der Waals surface area (Å²) >= 11 is 0. The van der Waals surface area contributed by atoms with Gasteiger partial charge in [-0.15, -0.1) is 0 Å². The molecule has 11 heavy (non-hydrogen) atoms. The molecule has 3 atom stereocenters. The van der Waals surface area contributed by atoms with Gasteiger partial charge in [0.1, 0.15) is 0 Å². The molecule has 58 valence electrons. The van der Waals surface area contributed by atoms with Crippen molar-refractivity contribution in [3.63, 3.8) is 0 Å². The minimum atomic E-state index is -0.658. The lowest BCUT2D eigenvalue weighted by Gasteiger charge is -2.21. The van der Waals surface area contributed by atoms with Crippen molar-refractivity contribution in [3.8, 4) is 0 Å². The molecule has 0 radical (unpaired) electrons. The molecule has 2 nitrogen and oxygen atoms in total. The molecule has 0 spiro atoms. The van der Waals surface area contributed by atoms with Crippen LogP contribution in [0.25, 0.3) is 0 Å². The van der Waals surface area contributed by atoms with Crippen LogP contribution in [0.4, 0.5) is 0 Å². The fourth-order valence-electron chi connectivity index (χ4n) is 1.95. The van der Waals surface area contributed by atoms with E-state index in [4.69, 9.17) is 5.11 Å². The number of hydrogen-bond donors (Lipinski definition) is 1. The Labute approximate surface area is 65.2 Å². The lowest BCUT2D eigenvalue weighted by atomic mass is 9.82. The predicted molar refractivity (Wildman–Crippen MR) is 41.0 cm³/mol. The Morgan fingerprint density at radius 3 is 2.73 bits per heavy atom. The highest BCUT2D eigenvalue weighted by Gasteiger charge is 2.37. The maximum atomic E-state index is 10.7. The van der Waals surface area contributed by atoms with Crippen molar-refractivity contribution in [2.45, 2.75) is 6.42 Å². The summed E-state index contributed by atoms with van der Waals surface area (Å²) in [4.78, 5) is 10.7. The van der Waals surface area contributed by atoms with Crippen molar-refractivity contribution in [1.29, 1.82) is 0 Å². The molecule has 1 N–H and O–H groups in total. The summed E-state index contributed by atoms with van der Waals surface area (Å²) in [6, 6.07) is 0. The van der Waals surface area contributed by atoms with Crippen LogP contribution in [0.3, 0.4) is 0 Å². The van der Waals surface area contributed by atoms with Gasteiger partial charge in [0.15, 0.2) is 0 Å². The van der Waals surface area contributed by atoms with Gasteiger partial charge < -0.3 is 5.11 Å². The Morgan fingerprint density at radius 1 is 1.36 bits per heavy atom. The van der Waals surface area contributed by atoms with Crippen molar-refractivity contribution >= 4 is 5.97 Å². The Balaban J connectivity index is 2.28. The molecule has 2 aliphatic carbocycles. The predicted octanol–water partition coefficient (Wildman–Crippen LogP) is 1.45.